The fraction of sp³-hybridized carbons (Fsp3) is 0.596. The number of carbonyl (C=O) groups is 5. The minimum Gasteiger partial charge on any atom is -0.458 e. The number of ketones is 1. The number of hydrogen-bond acceptors (Lipinski definition) is 13. The van der Waals surface area contributed by atoms with Gasteiger partial charge in [0, 0.05) is 25.2 Å². The maximum atomic E-state index is 16.1. The third kappa shape index (κ3) is 8.83. The van der Waals surface area contributed by atoms with Crippen LogP contribution in [-0.4, -0.2) is 93.2 Å². The van der Waals surface area contributed by atoms with Crippen molar-refractivity contribution in [3.63, 3.8) is 0 Å². The van der Waals surface area contributed by atoms with Gasteiger partial charge >= 0.3 is 41.1 Å². The SMILES string of the molecule is CC(=O)O[C@@]12CC[C@@H]1C[C@@H]1O[Si](C)(C)O[Si](C)(C)O[C@H]3C(=O)[C@@]1(C)[C@@H]2[C@H](OC(=O)c1ccccc1)[C@]1(O)C[C@H](OC(=O)C[C@@H](NC(=O)OC(C)(C)C)c2ccccc2)C(C)=C3[C@H]1C. The highest BCUT2D eigenvalue weighted by atomic mass is 28.5. The fourth-order valence-electron chi connectivity index (χ4n) is 11.2. The summed E-state index contributed by atoms with van der Waals surface area (Å²) in [5.41, 5.74) is -4.04. The number of esters is 3. The van der Waals surface area contributed by atoms with Crippen molar-refractivity contribution in [1.29, 1.82) is 0 Å². The normalized spacial score (nSPS) is 34.7. The zero-order chi connectivity index (χ0) is 46.1. The summed E-state index contributed by atoms with van der Waals surface area (Å²) in [6.07, 6.45) is -4.73. The largest absolute Gasteiger partial charge is 0.458 e. The highest BCUT2D eigenvalue weighted by Gasteiger charge is 2.77. The minimum atomic E-state index is -3.24. The molecule has 3 saturated carbocycles. The highest BCUT2D eigenvalue weighted by Crippen LogP contribution is 2.67. The Bertz CT molecular complexity index is 2160. The van der Waals surface area contributed by atoms with Crippen LogP contribution >= 0.6 is 0 Å². The van der Waals surface area contributed by atoms with Crippen molar-refractivity contribution < 1.29 is 61.0 Å². The quantitative estimate of drug-likeness (QED) is 0.116. The third-order valence-corrected chi connectivity index (χ3v) is 19.5. The number of aliphatic hydroxyl groups is 1. The van der Waals surface area contributed by atoms with E-state index in [9.17, 15) is 24.3 Å². The number of Topliss-reactive ketones (excluding diaryl/α,β-unsaturated/α-hetero) is 1. The number of alkyl carbamates (subject to hydrolysis) is 1. The first-order valence-corrected chi connectivity index (χ1v) is 27.7. The molecule has 0 radical (unpaired) electrons. The van der Waals surface area contributed by atoms with Crippen LogP contribution in [0, 0.1) is 23.2 Å². The van der Waals surface area contributed by atoms with Crippen LogP contribution in [0.3, 0.4) is 0 Å². The summed E-state index contributed by atoms with van der Waals surface area (Å²) in [5, 5.41) is 16.6. The van der Waals surface area contributed by atoms with Crippen molar-refractivity contribution in [3.8, 4) is 0 Å². The number of hydrogen-bond donors (Lipinski definition) is 2. The second kappa shape index (κ2) is 16.7. The van der Waals surface area contributed by atoms with Crippen LogP contribution in [-0.2, 0) is 46.3 Å². The van der Waals surface area contributed by atoms with Gasteiger partial charge in [0.25, 0.3) is 0 Å². The second-order valence-electron chi connectivity index (χ2n) is 20.2. The molecule has 2 aromatic rings. The molecule has 14 nitrogen and oxygen atoms in total. The summed E-state index contributed by atoms with van der Waals surface area (Å²) in [5.74, 6) is -4.80. The molecular weight excluding hydrogens is 843 g/mol. The highest BCUT2D eigenvalue weighted by molar-refractivity contribution is 6.78. The van der Waals surface area contributed by atoms with Gasteiger partial charge in [0.2, 0.25) is 0 Å². The van der Waals surface area contributed by atoms with Gasteiger partial charge in [0.15, 0.2) is 5.78 Å². The summed E-state index contributed by atoms with van der Waals surface area (Å²) >= 11 is 0. The van der Waals surface area contributed by atoms with Crippen LogP contribution < -0.4 is 5.32 Å². The van der Waals surface area contributed by atoms with Crippen molar-refractivity contribution in [2.45, 2.75) is 154 Å². The Labute approximate surface area is 372 Å². The summed E-state index contributed by atoms with van der Waals surface area (Å²) in [4.78, 5) is 71.2. The average Bonchev–Trinajstić information content (AvgIpc) is 3.19. The molecule has 342 valence electrons. The Morgan fingerprint density at radius 2 is 1.57 bits per heavy atom. The van der Waals surface area contributed by atoms with Gasteiger partial charge in [-0.2, -0.15) is 0 Å². The molecule has 11 atom stereocenters. The molecule has 5 aliphatic rings. The third-order valence-electron chi connectivity index (χ3n) is 13.9. The molecule has 2 aromatic carbocycles. The first-order valence-electron chi connectivity index (χ1n) is 22.0. The van der Waals surface area contributed by atoms with E-state index in [4.69, 9.17) is 31.9 Å². The summed E-state index contributed by atoms with van der Waals surface area (Å²) < 4.78 is 45.8. The zero-order valence-electron chi connectivity index (χ0n) is 38.3. The summed E-state index contributed by atoms with van der Waals surface area (Å²) in [6, 6.07) is 16.5. The predicted molar refractivity (Wildman–Crippen MR) is 234 cm³/mol. The lowest BCUT2D eigenvalue weighted by atomic mass is 9.42. The molecule has 1 saturated heterocycles. The standard InChI is InChI=1S/C47H63NO13Si2/c1-27-34(55-36(50)25-33(30-18-14-12-15-19-30)48-43(53)58-44(4,5)6)26-46(54)28(2)37(27)38-40(51)45(7)35(59-62(8,9)61-63(10,11)60-38)24-32-22-23-47(32,57-29(3)49)39(45)41(46)56-42(52)31-20-16-13-17-21-31/h12-21,28,32-35,38-39,41,54H,22-26H2,1-11H3,(H,48,53)/t28-,32-,33-,34+,35+,38-,39+,41+,45-,46+,47+/m1/s1. The monoisotopic (exact) mass is 905 g/mol. The van der Waals surface area contributed by atoms with Crippen LogP contribution in [0.4, 0.5) is 4.79 Å². The molecule has 1 heterocycles. The van der Waals surface area contributed by atoms with Crippen molar-refractivity contribution in [1.82, 2.24) is 5.32 Å². The average molecular weight is 906 g/mol. The lowest BCUT2D eigenvalue weighted by Crippen LogP contribution is -2.78. The van der Waals surface area contributed by atoms with Crippen molar-refractivity contribution in [3.05, 3.63) is 82.9 Å². The van der Waals surface area contributed by atoms with E-state index >= 15 is 4.79 Å². The smallest absolute Gasteiger partial charge is 0.408 e. The minimum absolute atomic E-state index is 0.211. The van der Waals surface area contributed by atoms with Gasteiger partial charge in [0.1, 0.15) is 35.1 Å². The number of fused-ring (bicyclic) bond motifs is 6. The molecule has 63 heavy (non-hydrogen) atoms. The second-order valence-corrected chi connectivity index (χ2v) is 27.1. The molecule has 4 fully saturated rings. The molecule has 4 bridgehead atoms. The first kappa shape index (κ1) is 46.8. The van der Waals surface area contributed by atoms with E-state index in [1.807, 2.05) is 32.3 Å². The molecule has 0 spiro atoms. The van der Waals surface area contributed by atoms with Gasteiger partial charge in [0.05, 0.1) is 35.5 Å². The van der Waals surface area contributed by atoms with E-state index in [2.05, 4.69) is 5.32 Å². The summed E-state index contributed by atoms with van der Waals surface area (Å²) in [7, 11) is -6.33. The van der Waals surface area contributed by atoms with E-state index in [0.717, 1.165) is 0 Å². The first-order chi connectivity index (χ1) is 29.3. The van der Waals surface area contributed by atoms with Crippen LogP contribution in [0.5, 0.6) is 0 Å². The topological polar surface area (TPSA) is 182 Å². The van der Waals surface area contributed by atoms with E-state index in [-0.39, 0.29) is 30.1 Å². The van der Waals surface area contributed by atoms with Gasteiger partial charge in [-0.15, -0.1) is 0 Å². The Kier molecular flexibility index (Phi) is 12.4. The molecule has 0 unspecified atom stereocenters. The Hall–Kier alpha value is -4.20. The van der Waals surface area contributed by atoms with Gasteiger partial charge in [-0.25, -0.2) is 9.59 Å². The number of carbonyl (C=O) groups excluding carboxylic acids is 5. The Morgan fingerprint density at radius 3 is 2.16 bits per heavy atom. The van der Waals surface area contributed by atoms with Crippen molar-refractivity contribution in [2.24, 2.45) is 23.2 Å². The predicted octanol–water partition coefficient (Wildman–Crippen LogP) is 7.39. The number of benzene rings is 2. The zero-order valence-corrected chi connectivity index (χ0v) is 40.3. The maximum Gasteiger partial charge on any atom is 0.408 e. The fourth-order valence-corrected chi connectivity index (χ4v) is 18.2. The molecular formula is C47H63NO13Si2. The van der Waals surface area contributed by atoms with Gasteiger partial charge in [-0.3, -0.25) is 14.4 Å². The van der Waals surface area contributed by atoms with E-state index in [1.165, 1.54) is 6.92 Å². The van der Waals surface area contributed by atoms with E-state index in [0.29, 0.717) is 36.0 Å². The van der Waals surface area contributed by atoms with E-state index < -0.39 is 106 Å². The van der Waals surface area contributed by atoms with Gasteiger partial charge < -0.3 is 42.3 Å². The molecule has 4 aliphatic carbocycles. The molecule has 16 heteroatoms. The van der Waals surface area contributed by atoms with Crippen LogP contribution in [0.25, 0.3) is 0 Å². The molecule has 2 N–H and O–H groups in total. The van der Waals surface area contributed by atoms with Gasteiger partial charge in [-0.05, 0) is 109 Å². The Morgan fingerprint density at radius 1 is 0.952 bits per heavy atom. The van der Waals surface area contributed by atoms with Crippen molar-refractivity contribution >= 4 is 46.9 Å². The maximum absolute atomic E-state index is 16.1. The van der Waals surface area contributed by atoms with Crippen LogP contribution in [0.15, 0.2) is 71.8 Å². The van der Waals surface area contributed by atoms with Crippen molar-refractivity contribution in [2.75, 3.05) is 0 Å². The van der Waals surface area contributed by atoms with E-state index in [1.54, 1.807) is 96.1 Å². The number of ether oxygens (including phenoxy) is 4. The number of rotatable bonds is 8. The summed E-state index contributed by atoms with van der Waals surface area (Å²) in [6.45, 7) is 19.4. The molecule has 1 aliphatic heterocycles. The van der Waals surface area contributed by atoms with Gasteiger partial charge in [-0.1, -0.05) is 55.5 Å². The molecule has 1 amide bonds. The number of nitrogens with one attached hydrogen (secondary N) is 1. The Balaban J connectivity index is 1.40. The van der Waals surface area contributed by atoms with Crippen LogP contribution in [0.2, 0.25) is 26.2 Å². The lowest BCUT2D eigenvalue weighted by Gasteiger charge is -2.67. The van der Waals surface area contributed by atoms with Crippen LogP contribution in [0.1, 0.15) is 103 Å². The lowest BCUT2D eigenvalue weighted by molar-refractivity contribution is -0.288. The molecule has 7 rings (SSSR count). The number of amides is 1. The molecule has 0 aromatic heterocycles.